The van der Waals surface area contributed by atoms with Crippen molar-refractivity contribution in [1.82, 2.24) is 4.98 Å². The number of nitrogens with zero attached hydrogens (tertiary/aromatic N) is 1. The summed E-state index contributed by atoms with van der Waals surface area (Å²) in [7, 11) is 0. The molecule has 0 atom stereocenters. The largest absolute Gasteiger partial charge is 1.00 e. The molecular weight excluding hydrogens is 564 g/mol. The quantitative estimate of drug-likeness (QED) is 0.284. The van der Waals surface area contributed by atoms with Crippen LogP contribution < -0.4 is 29.4 Å². The standard InChI is InChI=1S/C21H22N2O.Au.2ClH/c1-15-13-16(2)20(17(3)14-15)21-22-11-12-23(21)19(24)10-9-18-7-5-4-6-8-18;;;/h4-8,11-14H,9-10H2,1-3H3;;2*1H/q;+1;;/p-1. The van der Waals surface area contributed by atoms with Crippen molar-refractivity contribution in [1.29, 1.82) is 0 Å². The van der Waals surface area contributed by atoms with E-state index in [2.05, 4.69) is 50.0 Å². The fourth-order valence-electron chi connectivity index (χ4n) is 3.31. The molecule has 0 bridgehead atoms. The average molecular weight is 587 g/mol. The van der Waals surface area contributed by atoms with Gasteiger partial charge < -0.3 is 24.8 Å². The Hall–Kier alpha value is -1.36. The van der Waals surface area contributed by atoms with E-state index >= 15 is 0 Å². The Morgan fingerprint density at radius 1 is 1.00 bits per heavy atom. The number of aryl methyl sites for hydroxylation is 4. The number of hydrogen-bond acceptors (Lipinski definition) is 1. The SMILES string of the molecule is Cc1cc(C)c(-c2[nH]cc[n+]2C(=O)CCc2ccccc2)c(C)c1.[Au+].[Cl-].[Cl-]. The molecule has 0 aliphatic rings. The minimum absolute atomic E-state index is 0. The number of halogens is 2. The van der Waals surface area contributed by atoms with Gasteiger partial charge in [-0.25, -0.2) is 9.78 Å². The van der Waals surface area contributed by atoms with E-state index in [0.717, 1.165) is 17.8 Å². The molecule has 0 spiro atoms. The summed E-state index contributed by atoms with van der Waals surface area (Å²) in [6.45, 7) is 6.28. The minimum Gasteiger partial charge on any atom is -1.00 e. The van der Waals surface area contributed by atoms with E-state index in [0.29, 0.717) is 6.42 Å². The number of nitrogens with one attached hydrogen (secondary N) is 1. The van der Waals surface area contributed by atoms with Crippen LogP contribution in [0, 0.1) is 20.8 Å². The van der Waals surface area contributed by atoms with Gasteiger partial charge in [-0.05, 0) is 43.9 Å². The summed E-state index contributed by atoms with van der Waals surface area (Å²) in [5, 5.41) is 0. The van der Waals surface area contributed by atoms with E-state index in [1.54, 1.807) is 4.57 Å². The molecule has 0 saturated heterocycles. The van der Waals surface area contributed by atoms with E-state index in [1.807, 2.05) is 30.6 Å². The van der Waals surface area contributed by atoms with E-state index < -0.39 is 0 Å². The molecule has 1 heterocycles. The first-order valence-corrected chi connectivity index (χ1v) is 8.30. The number of imidazole rings is 1. The zero-order chi connectivity index (χ0) is 17.1. The molecule has 3 nitrogen and oxygen atoms in total. The number of carbonyl (C=O) groups excluding carboxylic acids is 1. The second-order valence-corrected chi connectivity index (χ2v) is 6.33. The van der Waals surface area contributed by atoms with E-state index in [4.69, 9.17) is 0 Å². The van der Waals surface area contributed by atoms with Gasteiger partial charge in [0.2, 0.25) is 0 Å². The Kier molecular flexibility index (Phi) is 10.9. The third-order valence-corrected chi connectivity index (χ3v) is 4.34. The molecule has 148 valence electrons. The molecular formula is C21H23AuCl2N2O. The van der Waals surface area contributed by atoms with Crippen LogP contribution in [0.5, 0.6) is 0 Å². The molecule has 0 saturated carbocycles. The number of hydrogen-bond donors (Lipinski definition) is 1. The number of rotatable bonds is 4. The van der Waals surface area contributed by atoms with Crippen LogP contribution in [0.1, 0.15) is 33.5 Å². The van der Waals surface area contributed by atoms with Crippen LogP contribution >= 0.6 is 0 Å². The summed E-state index contributed by atoms with van der Waals surface area (Å²) in [6, 6.07) is 14.4. The molecule has 2 aromatic carbocycles. The van der Waals surface area contributed by atoms with Gasteiger partial charge in [-0.15, -0.1) is 0 Å². The van der Waals surface area contributed by atoms with Crippen LogP contribution in [0.25, 0.3) is 11.4 Å². The Morgan fingerprint density at radius 2 is 1.59 bits per heavy atom. The van der Waals surface area contributed by atoms with Crippen molar-refractivity contribution in [3.8, 4) is 11.4 Å². The predicted octanol–water partition coefficient (Wildman–Crippen LogP) is -1.83. The first-order valence-electron chi connectivity index (χ1n) is 8.30. The van der Waals surface area contributed by atoms with Crippen molar-refractivity contribution in [3.63, 3.8) is 0 Å². The second-order valence-electron chi connectivity index (χ2n) is 6.33. The molecule has 0 aliphatic carbocycles. The zero-order valence-electron chi connectivity index (χ0n) is 15.5. The summed E-state index contributed by atoms with van der Waals surface area (Å²) >= 11 is 0. The second kappa shape index (κ2) is 11.5. The third kappa shape index (κ3) is 6.06. The van der Waals surface area contributed by atoms with Crippen molar-refractivity contribution < 1.29 is 56.6 Å². The Morgan fingerprint density at radius 3 is 2.19 bits per heavy atom. The molecule has 0 unspecified atom stereocenters. The van der Waals surface area contributed by atoms with E-state index in [9.17, 15) is 4.79 Å². The van der Waals surface area contributed by atoms with Gasteiger partial charge >= 0.3 is 28.3 Å². The topological polar surface area (TPSA) is 36.7 Å². The normalized spacial score (nSPS) is 9.59. The molecule has 3 rings (SSSR count). The summed E-state index contributed by atoms with van der Waals surface area (Å²) in [5.74, 6) is 0.970. The maximum absolute atomic E-state index is 12.7. The van der Waals surface area contributed by atoms with Gasteiger partial charge in [0.1, 0.15) is 12.4 Å². The van der Waals surface area contributed by atoms with E-state index in [-0.39, 0.29) is 53.1 Å². The molecule has 1 N–H and O–H groups in total. The molecule has 3 aromatic rings. The maximum atomic E-state index is 12.7. The molecule has 27 heavy (non-hydrogen) atoms. The summed E-state index contributed by atoms with van der Waals surface area (Å²) in [4.78, 5) is 16.0. The summed E-state index contributed by atoms with van der Waals surface area (Å²) in [5.41, 5.74) is 5.89. The Labute approximate surface area is 188 Å². The number of H-pyrrole nitrogens is 1. The first-order chi connectivity index (χ1) is 11.6. The first kappa shape index (κ1) is 25.6. The molecule has 0 radical (unpaired) electrons. The van der Waals surface area contributed by atoms with Gasteiger partial charge in [-0.3, -0.25) is 0 Å². The van der Waals surface area contributed by atoms with Crippen molar-refractivity contribution in [2.75, 3.05) is 0 Å². The summed E-state index contributed by atoms with van der Waals surface area (Å²) < 4.78 is 1.74. The zero-order valence-corrected chi connectivity index (χ0v) is 19.2. The van der Waals surface area contributed by atoms with Crippen molar-refractivity contribution in [2.45, 2.75) is 33.6 Å². The maximum Gasteiger partial charge on any atom is 1.00 e. The van der Waals surface area contributed by atoms with E-state index in [1.165, 1.54) is 22.3 Å². The average Bonchev–Trinajstić information content (AvgIpc) is 3.02. The van der Waals surface area contributed by atoms with Crippen molar-refractivity contribution >= 4 is 5.91 Å². The fourth-order valence-corrected chi connectivity index (χ4v) is 3.31. The van der Waals surface area contributed by atoms with Crippen LogP contribution in [0.4, 0.5) is 0 Å². The van der Waals surface area contributed by atoms with Crippen LogP contribution in [0.2, 0.25) is 0 Å². The Balaban J connectivity index is 0.00000225. The number of carbonyl (C=O) groups is 1. The number of benzene rings is 2. The number of aromatic nitrogens is 2. The molecule has 0 aliphatic heterocycles. The van der Waals surface area contributed by atoms with Crippen molar-refractivity contribution in [2.24, 2.45) is 0 Å². The van der Waals surface area contributed by atoms with Gasteiger partial charge in [0, 0.05) is 0 Å². The van der Waals surface area contributed by atoms with Crippen LogP contribution in [0.15, 0.2) is 54.9 Å². The monoisotopic (exact) mass is 586 g/mol. The molecule has 6 heteroatoms. The molecule has 0 fully saturated rings. The summed E-state index contributed by atoms with van der Waals surface area (Å²) in [6.07, 6.45) is 4.89. The van der Waals surface area contributed by atoms with Gasteiger partial charge in [0.25, 0.3) is 5.82 Å². The minimum atomic E-state index is 0. The van der Waals surface area contributed by atoms with Gasteiger partial charge in [0.05, 0.1) is 12.0 Å². The Bertz CT molecular complexity index is 856. The van der Waals surface area contributed by atoms with Gasteiger partial charge in [-0.1, -0.05) is 48.0 Å². The van der Waals surface area contributed by atoms with Crippen LogP contribution in [-0.2, 0) is 28.8 Å². The van der Waals surface area contributed by atoms with Crippen molar-refractivity contribution in [3.05, 3.63) is 77.1 Å². The fraction of sp³-hybridized carbons (Fsp3) is 0.238. The van der Waals surface area contributed by atoms with Gasteiger partial charge in [-0.2, -0.15) is 4.57 Å². The molecule has 0 amide bonds. The third-order valence-electron chi connectivity index (χ3n) is 4.34. The molecule has 1 aromatic heterocycles. The number of aromatic amines is 1. The van der Waals surface area contributed by atoms with Crippen LogP contribution in [-0.4, -0.2) is 10.9 Å². The predicted molar refractivity (Wildman–Crippen MR) is 96.0 cm³/mol. The smallest absolute Gasteiger partial charge is 1.00 e. The van der Waals surface area contributed by atoms with Crippen LogP contribution in [0.3, 0.4) is 0 Å². The van der Waals surface area contributed by atoms with Gasteiger partial charge in [0.15, 0.2) is 0 Å².